The van der Waals surface area contributed by atoms with E-state index in [1.165, 1.54) is 27.9 Å². The number of hydrogen-bond donors (Lipinski definition) is 0. The molecule has 0 saturated carbocycles. The summed E-state index contributed by atoms with van der Waals surface area (Å²) in [6.07, 6.45) is 5.51. The fourth-order valence-corrected chi connectivity index (χ4v) is 3.55. The van der Waals surface area contributed by atoms with Crippen LogP contribution in [0, 0.1) is 0 Å². The molecule has 0 bridgehead atoms. The Morgan fingerprint density at radius 3 is 2.42 bits per heavy atom. The van der Waals surface area contributed by atoms with E-state index in [2.05, 4.69) is 120 Å². The van der Waals surface area contributed by atoms with Crippen LogP contribution in [-0.2, 0) is 6.42 Å². The summed E-state index contributed by atoms with van der Waals surface area (Å²) in [4.78, 5) is 2.30. The van der Waals surface area contributed by atoms with E-state index in [0.717, 1.165) is 17.4 Å². The molecule has 1 nitrogen and oxygen atoms in total. The van der Waals surface area contributed by atoms with Crippen LogP contribution < -0.4 is 4.90 Å². The molecule has 3 aromatic rings. The average molecular weight is 406 g/mol. The van der Waals surface area contributed by atoms with Gasteiger partial charge in [-0.3, -0.25) is 0 Å². The van der Waals surface area contributed by atoms with Crippen LogP contribution in [0.3, 0.4) is 0 Å². The first-order chi connectivity index (χ1) is 12.7. The van der Waals surface area contributed by atoms with Gasteiger partial charge >= 0.3 is 0 Å². The quantitative estimate of drug-likeness (QED) is 0.434. The van der Waals surface area contributed by atoms with E-state index >= 15 is 0 Å². The van der Waals surface area contributed by atoms with Crippen molar-refractivity contribution in [3.05, 3.63) is 94.5 Å². The highest BCUT2D eigenvalue weighted by Gasteiger charge is 2.05. The molecule has 132 valence electrons. The molecule has 0 unspecified atom stereocenters. The van der Waals surface area contributed by atoms with E-state index in [4.69, 9.17) is 0 Å². The van der Waals surface area contributed by atoms with Crippen LogP contribution in [0.1, 0.15) is 18.1 Å². The van der Waals surface area contributed by atoms with Gasteiger partial charge in [-0.05, 0) is 46.9 Å². The van der Waals surface area contributed by atoms with Gasteiger partial charge in [-0.2, -0.15) is 0 Å². The molecule has 0 aliphatic carbocycles. The summed E-state index contributed by atoms with van der Waals surface area (Å²) in [5.41, 5.74) is 6.40. The molecule has 3 aromatic carbocycles. The zero-order valence-electron chi connectivity index (χ0n) is 15.3. The Bertz CT molecular complexity index is 884. The zero-order chi connectivity index (χ0) is 18.4. The molecule has 0 saturated heterocycles. The number of aryl methyl sites for hydroxylation is 1. The van der Waals surface area contributed by atoms with Crippen molar-refractivity contribution < 1.29 is 0 Å². The van der Waals surface area contributed by atoms with Crippen LogP contribution in [0.5, 0.6) is 0 Å². The van der Waals surface area contributed by atoms with Crippen LogP contribution in [0.4, 0.5) is 5.69 Å². The molecule has 0 aromatic heterocycles. The third-order valence-corrected chi connectivity index (χ3v) is 5.05. The second-order valence-corrected chi connectivity index (χ2v) is 7.28. The molecule has 0 fully saturated rings. The smallest absolute Gasteiger partial charge is 0.0398 e. The second kappa shape index (κ2) is 8.86. The minimum atomic E-state index is 0.873. The van der Waals surface area contributed by atoms with E-state index in [-0.39, 0.29) is 0 Å². The van der Waals surface area contributed by atoms with Crippen LogP contribution in [0.25, 0.3) is 17.2 Å². The molecular formula is C24H24BrN. The fourth-order valence-electron chi connectivity index (χ4n) is 3.17. The molecule has 0 amide bonds. The third kappa shape index (κ3) is 4.44. The van der Waals surface area contributed by atoms with Crippen molar-refractivity contribution in [2.24, 2.45) is 0 Å². The maximum Gasteiger partial charge on any atom is 0.0398 e. The number of anilines is 1. The van der Waals surface area contributed by atoms with Crippen molar-refractivity contribution in [3.8, 4) is 11.1 Å². The van der Waals surface area contributed by atoms with Gasteiger partial charge in [-0.15, -0.1) is 0 Å². The van der Waals surface area contributed by atoms with Gasteiger partial charge in [0.15, 0.2) is 0 Å². The minimum Gasteiger partial charge on any atom is -0.371 e. The van der Waals surface area contributed by atoms with E-state index in [1.54, 1.807) is 0 Å². The van der Waals surface area contributed by atoms with Gasteiger partial charge in [0.05, 0.1) is 0 Å². The van der Waals surface area contributed by atoms with Gasteiger partial charge in [0.1, 0.15) is 0 Å². The molecular weight excluding hydrogens is 382 g/mol. The fraction of sp³-hybridized carbons (Fsp3) is 0.167. The molecule has 0 heterocycles. The SMILES string of the molecule is CCc1ccccc1N(C)CC=Cc1cc(Br)ccc1-c1ccccc1. The summed E-state index contributed by atoms with van der Waals surface area (Å²) in [6, 6.07) is 25.6. The Labute approximate surface area is 165 Å². The first-order valence-electron chi connectivity index (χ1n) is 8.99. The lowest BCUT2D eigenvalue weighted by Gasteiger charge is -2.20. The van der Waals surface area contributed by atoms with Gasteiger partial charge in [-0.25, -0.2) is 0 Å². The molecule has 0 radical (unpaired) electrons. The second-order valence-electron chi connectivity index (χ2n) is 6.36. The van der Waals surface area contributed by atoms with Crippen molar-refractivity contribution in [2.45, 2.75) is 13.3 Å². The maximum absolute atomic E-state index is 3.60. The number of rotatable bonds is 6. The monoisotopic (exact) mass is 405 g/mol. The van der Waals surface area contributed by atoms with E-state index in [9.17, 15) is 0 Å². The van der Waals surface area contributed by atoms with Crippen molar-refractivity contribution in [1.82, 2.24) is 0 Å². The van der Waals surface area contributed by atoms with Crippen LogP contribution in [0.2, 0.25) is 0 Å². The summed E-state index contributed by atoms with van der Waals surface area (Å²) < 4.78 is 1.10. The average Bonchev–Trinajstić information content (AvgIpc) is 2.68. The molecule has 2 heteroatoms. The van der Waals surface area contributed by atoms with Gasteiger partial charge in [0.2, 0.25) is 0 Å². The highest BCUT2D eigenvalue weighted by atomic mass is 79.9. The Kier molecular flexibility index (Phi) is 6.30. The van der Waals surface area contributed by atoms with E-state index < -0.39 is 0 Å². The highest BCUT2D eigenvalue weighted by molar-refractivity contribution is 9.10. The first-order valence-corrected chi connectivity index (χ1v) is 9.79. The molecule has 26 heavy (non-hydrogen) atoms. The molecule has 0 atom stereocenters. The van der Waals surface area contributed by atoms with Crippen molar-refractivity contribution in [3.63, 3.8) is 0 Å². The Hall–Kier alpha value is -2.32. The first kappa shape index (κ1) is 18.5. The standard InChI is InChI=1S/C24H24BrN/c1-3-19-10-7-8-14-24(19)26(2)17-9-13-21-18-22(25)15-16-23(21)20-11-5-4-6-12-20/h4-16,18H,3,17H2,1-2H3. The minimum absolute atomic E-state index is 0.873. The molecule has 3 rings (SSSR count). The van der Waals surface area contributed by atoms with Gasteiger partial charge in [0, 0.05) is 23.8 Å². The van der Waals surface area contributed by atoms with Gasteiger partial charge in [0.25, 0.3) is 0 Å². The molecule has 0 aliphatic rings. The number of halogens is 1. The normalized spacial score (nSPS) is 11.0. The van der Waals surface area contributed by atoms with Crippen LogP contribution in [-0.4, -0.2) is 13.6 Å². The summed E-state index contributed by atoms with van der Waals surface area (Å²) in [7, 11) is 2.15. The van der Waals surface area contributed by atoms with Crippen LogP contribution >= 0.6 is 15.9 Å². The predicted octanol–water partition coefficient (Wildman–Crippen LogP) is 6.83. The third-order valence-electron chi connectivity index (χ3n) is 4.56. The maximum atomic E-state index is 3.60. The van der Waals surface area contributed by atoms with Gasteiger partial charge in [-0.1, -0.05) is 89.6 Å². The summed E-state index contributed by atoms with van der Waals surface area (Å²) in [5.74, 6) is 0. The number of hydrogen-bond acceptors (Lipinski definition) is 1. The van der Waals surface area contributed by atoms with Crippen LogP contribution in [0.15, 0.2) is 83.3 Å². The molecule has 0 aliphatic heterocycles. The topological polar surface area (TPSA) is 3.24 Å². The Morgan fingerprint density at radius 1 is 0.923 bits per heavy atom. The molecule has 0 N–H and O–H groups in total. The largest absolute Gasteiger partial charge is 0.371 e. The zero-order valence-corrected chi connectivity index (χ0v) is 16.9. The Balaban J connectivity index is 1.81. The highest BCUT2D eigenvalue weighted by Crippen LogP contribution is 2.28. The van der Waals surface area contributed by atoms with E-state index in [0.29, 0.717) is 0 Å². The lowest BCUT2D eigenvalue weighted by molar-refractivity contribution is 1.000. The number of benzene rings is 3. The van der Waals surface area contributed by atoms with E-state index in [1.807, 2.05) is 0 Å². The Morgan fingerprint density at radius 2 is 1.65 bits per heavy atom. The molecule has 0 spiro atoms. The number of likely N-dealkylation sites (N-methyl/N-ethyl adjacent to an activating group) is 1. The van der Waals surface area contributed by atoms with Crippen molar-refractivity contribution in [1.29, 1.82) is 0 Å². The van der Waals surface area contributed by atoms with Gasteiger partial charge < -0.3 is 4.90 Å². The summed E-state index contributed by atoms with van der Waals surface area (Å²) >= 11 is 3.60. The number of nitrogens with zero attached hydrogens (tertiary/aromatic N) is 1. The lowest BCUT2D eigenvalue weighted by atomic mass is 9.99. The van der Waals surface area contributed by atoms with Crippen molar-refractivity contribution >= 4 is 27.7 Å². The summed E-state index contributed by atoms with van der Waals surface area (Å²) in [6.45, 7) is 3.08. The summed E-state index contributed by atoms with van der Waals surface area (Å²) in [5, 5.41) is 0. The van der Waals surface area contributed by atoms with Crippen molar-refractivity contribution in [2.75, 3.05) is 18.5 Å². The number of para-hydroxylation sites is 1. The predicted molar refractivity (Wildman–Crippen MR) is 118 cm³/mol. The lowest BCUT2D eigenvalue weighted by Crippen LogP contribution is -2.18.